The molecule has 0 aliphatic carbocycles. The molecule has 0 unspecified atom stereocenters. The molecule has 0 aliphatic rings. The lowest BCUT2D eigenvalue weighted by Gasteiger charge is -1.93. The van der Waals surface area contributed by atoms with E-state index in [1.807, 2.05) is 6.92 Å². The number of nitrogens with zero attached hydrogens (tertiary/aromatic N) is 1. The summed E-state index contributed by atoms with van der Waals surface area (Å²) >= 11 is 11.4. The van der Waals surface area contributed by atoms with Crippen molar-refractivity contribution in [2.24, 2.45) is 0 Å². The lowest BCUT2D eigenvalue weighted by Crippen LogP contribution is -1.82. The molecule has 1 nitrogen and oxygen atoms in total. The zero-order valence-electron chi connectivity index (χ0n) is 6.56. The maximum Gasteiger partial charge on any atom is 0.146 e. The van der Waals surface area contributed by atoms with Gasteiger partial charge in [0, 0.05) is 6.42 Å². The van der Waals surface area contributed by atoms with Gasteiger partial charge in [-0.15, -0.1) is 0 Å². The highest BCUT2D eigenvalue weighted by Gasteiger charge is 1.97. The summed E-state index contributed by atoms with van der Waals surface area (Å²) in [4.78, 5) is 3.85. The first-order chi connectivity index (χ1) is 5.74. The van der Waals surface area contributed by atoms with Gasteiger partial charge in [0.25, 0.3) is 0 Å². The minimum absolute atomic E-state index is 0.364. The van der Waals surface area contributed by atoms with E-state index in [1.165, 1.54) is 0 Å². The Kier molecular flexibility index (Phi) is 3.40. The number of halogens is 2. The van der Waals surface area contributed by atoms with Crippen molar-refractivity contribution < 1.29 is 0 Å². The van der Waals surface area contributed by atoms with Gasteiger partial charge in [0.1, 0.15) is 10.3 Å². The highest BCUT2D eigenvalue weighted by molar-refractivity contribution is 6.33. The molecule has 1 heterocycles. The first-order valence-electron chi connectivity index (χ1n) is 3.55. The SMILES string of the molecule is CCC#Cc1ccc(Cl)nc1Cl. The number of pyridine rings is 1. The first kappa shape index (κ1) is 9.38. The van der Waals surface area contributed by atoms with Crippen molar-refractivity contribution in [2.45, 2.75) is 13.3 Å². The fraction of sp³-hybridized carbons (Fsp3) is 0.222. The van der Waals surface area contributed by atoms with Crippen LogP contribution in [0.2, 0.25) is 10.3 Å². The molecule has 0 radical (unpaired) electrons. The molecule has 0 fully saturated rings. The molecule has 1 aromatic heterocycles. The van der Waals surface area contributed by atoms with Crippen LogP contribution in [0.4, 0.5) is 0 Å². The van der Waals surface area contributed by atoms with Crippen LogP contribution in [-0.4, -0.2) is 4.98 Å². The molecule has 0 saturated carbocycles. The second-order valence-electron chi connectivity index (χ2n) is 2.13. The van der Waals surface area contributed by atoms with E-state index >= 15 is 0 Å². The summed E-state index contributed by atoms with van der Waals surface area (Å²) in [5.41, 5.74) is 0.725. The zero-order valence-corrected chi connectivity index (χ0v) is 8.08. The molecule has 3 heteroatoms. The topological polar surface area (TPSA) is 12.9 Å². The van der Waals surface area contributed by atoms with E-state index in [0.717, 1.165) is 12.0 Å². The van der Waals surface area contributed by atoms with Gasteiger partial charge in [-0.1, -0.05) is 42.0 Å². The average molecular weight is 200 g/mol. The Hall–Kier alpha value is -0.710. The lowest BCUT2D eigenvalue weighted by molar-refractivity contribution is 1.27. The van der Waals surface area contributed by atoms with E-state index < -0.39 is 0 Å². The Morgan fingerprint density at radius 1 is 1.42 bits per heavy atom. The van der Waals surface area contributed by atoms with Crippen LogP contribution in [0, 0.1) is 11.8 Å². The van der Waals surface area contributed by atoms with Crippen LogP contribution in [0.25, 0.3) is 0 Å². The second kappa shape index (κ2) is 4.35. The molecule has 0 spiro atoms. The number of aromatic nitrogens is 1. The van der Waals surface area contributed by atoms with Crippen molar-refractivity contribution in [1.29, 1.82) is 0 Å². The average Bonchev–Trinajstić information content (AvgIpc) is 2.03. The molecule has 0 bridgehead atoms. The third kappa shape index (κ3) is 2.41. The minimum atomic E-state index is 0.364. The van der Waals surface area contributed by atoms with Crippen LogP contribution in [0.1, 0.15) is 18.9 Å². The van der Waals surface area contributed by atoms with Gasteiger partial charge in [-0.05, 0) is 12.1 Å². The Morgan fingerprint density at radius 3 is 2.75 bits per heavy atom. The predicted molar refractivity (Wildman–Crippen MR) is 51.4 cm³/mol. The van der Waals surface area contributed by atoms with Crippen molar-refractivity contribution in [1.82, 2.24) is 4.98 Å². The molecular formula is C9H7Cl2N. The van der Waals surface area contributed by atoms with Crippen LogP contribution in [0.5, 0.6) is 0 Å². The Morgan fingerprint density at radius 2 is 2.17 bits per heavy atom. The highest BCUT2D eigenvalue weighted by atomic mass is 35.5. The summed E-state index contributed by atoms with van der Waals surface area (Å²) in [6.45, 7) is 1.98. The minimum Gasteiger partial charge on any atom is -0.223 e. The van der Waals surface area contributed by atoms with E-state index in [1.54, 1.807) is 12.1 Å². The van der Waals surface area contributed by atoms with Gasteiger partial charge >= 0.3 is 0 Å². The van der Waals surface area contributed by atoms with Gasteiger partial charge in [-0.25, -0.2) is 4.98 Å². The number of hydrogen-bond donors (Lipinski definition) is 0. The highest BCUT2D eigenvalue weighted by Crippen LogP contribution is 2.15. The quantitative estimate of drug-likeness (QED) is 0.463. The summed E-state index contributed by atoms with van der Waals surface area (Å²) in [5, 5.41) is 0.755. The Balaban J connectivity index is 3.01. The molecule has 0 aliphatic heterocycles. The van der Waals surface area contributed by atoms with E-state index in [-0.39, 0.29) is 0 Å². The van der Waals surface area contributed by atoms with Gasteiger partial charge in [0.15, 0.2) is 0 Å². The molecular weight excluding hydrogens is 193 g/mol. The summed E-state index contributed by atoms with van der Waals surface area (Å²) < 4.78 is 0. The smallest absolute Gasteiger partial charge is 0.146 e. The molecule has 62 valence electrons. The lowest BCUT2D eigenvalue weighted by atomic mass is 10.3. The molecule has 0 saturated heterocycles. The van der Waals surface area contributed by atoms with Crippen LogP contribution < -0.4 is 0 Å². The molecule has 12 heavy (non-hydrogen) atoms. The van der Waals surface area contributed by atoms with Gasteiger partial charge < -0.3 is 0 Å². The summed E-state index contributed by atoms with van der Waals surface area (Å²) in [7, 11) is 0. The summed E-state index contributed by atoms with van der Waals surface area (Å²) in [6.07, 6.45) is 0.805. The summed E-state index contributed by atoms with van der Waals surface area (Å²) in [6, 6.07) is 3.44. The number of hydrogen-bond acceptors (Lipinski definition) is 1. The molecule has 0 amide bonds. The fourth-order valence-electron chi connectivity index (χ4n) is 0.689. The fourth-order valence-corrected chi connectivity index (χ4v) is 1.08. The van der Waals surface area contributed by atoms with Gasteiger partial charge in [0.2, 0.25) is 0 Å². The molecule has 0 aromatic carbocycles. The van der Waals surface area contributed by atoms with Crippen molar-refractivity contribution in [3.8, 4) is 11.8 Å². The maximum absolute atomic E-state index is 5.77. The predicted octanol–water partition coefficient (Wildman–Crippen LogP) is 3.15. The molecule has 0 N–H and O–H groups in total. The third-order valence-corrected chi connectivity index (χ3v) is 1.71. The Labute approximate surface area is 81.7 Å². The van der Waals surface area contributed by atoms with E-state index in [0.29, 0.717) is 10.3 Å². The van der Waals surface area contributed by atoms with Gasteiger partial charge in [-0.2, -0.15) is 0 Å². The van der Waals surface area contributed by atoms with Gasteiger partial charge in [0.05, 0.1) is 5.56 Å². The van der Waals surface area contributed by atoms with E-state index in [4.69, 9.17) is 23.2 Å². The van der Waals surface area contributed by atoms with Gasteiger partial charge in [-0.3, -0.25) is 0 Å². The third-order valence-electron chi connectivity index (χ3n) is 1.21. The van der Waals surface area contributed by atoms with Crippen molar-refractivity contribution in [3.63, 3.8) is 0 Å². The second-order valence-corrected chi connectivity index (χ2v) is 2.87. The largest absolute Gasteiger partial charge is 0.223 e. The van der Waals surface area contributed by atoms with Crippen molar-refractivity contribution in [2.75, 3.05) is 0 Å². The number of rotatable bonds is 0. The zero-order chi connectivity index (χ0) is 8.97. The maximum atomic E-state index is 5.77. The van der Waals surface area contributed by atoms with E-state index in [2.05, 4.69) is 16.8 Å². The molecule has 0 atom stereocenters. The Bertz CT molecular complexity index is 336. The molecule has 1 aromatic rings. The van der Waals surface area contributed by atoms with Crippen LogP contribution >= 0.6 is 23.2 Å². The van der Waals surface area contributed by atoms with Crippen molar-refractivity contribution >= 4 is 23.2 Å². The van der Waals surface area contributed by atoms with Crippen LogP contribution in [0.3, 0.4) is 0 Å². The van der Waals surface area contributed by atoms with Crippen LogP contribution in [0.15, 0.2) is 12.1 Å². The molecule has 1 rings (SSSR count). The normalized spacial score (nSPS) is 8.92. The monoisotopic (exact) mass is 199 g/mol. The van der Waals surface area contributed by atoms with Crippen molar-refractivity contribution in [3.05, 3.63) is 28.0 Å². The summed E-state index contributed by atoms with van der Waals surface area (Å²) in [5.74, 6) is 5.79. The first-order valence-corrected chi connectivity index (χ1v) is 4.30. The van der Waals surface area contributed by atoms with Crippen LogP contribution in [-0.2, 0) is 0 Å². The van der Waals surface area contributed by atoms with E-state index in [9.17, 15) is 0 Å². The standard InChI is InChI=1S/C9H7Cl2N/c1-2-3-4-7-5-6-8(10)12-9(7)11/h5-6H,2H2,1H3.